The lowest BCUT2D eigenvalue weighted by atomic mass is 9.90. The molecule has 0 saturated heterocycles. The van der Waals surface area contributed by atoms with Crippen LogP contribution in [0.3, 0.4) is 0 Å². The van der Waals surface area contributed by atoms with E-state index in [2.05, 4.69) is 15.0 Å². The summed E-state index contributed by atoms with van der Waals surface area (Å²) in [5, 5.41) is 9.81. The van der Waals surface area contributed by atoms with Crippen molar-refractivity contribution >= 4 is 16.9 Å². The number of halogens is 3. The Balaban J connectivity index is 1.30. The van der Waals surface area contributed by atoms with Gasteiger partial charge in [0.15, 0.2) is 11.6 Å². The first-order valence-electron chi connectivity index (χ1n) is 12.5. The maximum Gasteiger partial charge on any atom is 0.303 e. The molecule has 2 aromatic heterocycles. The van der Waals surface area contributed by atoms with Crippen LogP contribution in [0.1, 0.15) is 41.6 Å². The minimum Gasteiger partial charge on any atom is -0.481 e. The maximum atomic E-state index is 14.9. The summed E-state index contributed by atoms with van der Waals surface area (Å²) in [6.07, 6.45) is 4.94. The van der Waals surface area contributed by atoms with Crippen molar-refractivity contribution in [2.45, 2.75) is 38.0 Å². The van der Waals surface area contributed by atoms with Gasteiger partial charge in [0, 0.05) is 52.5 Å². The minimum atomic E-state index is -0.948. The van der Waals surface area contributed by atoms with Crippen molar-refractivity contribution in [3.8, 4) is 22.9 Å². The third-order valence-electron chi connectivity index (χ3n) is 7.40. The van der Waals surface area contributed by atoms with Crippen molar-refractivity contribution in [1.29, 1.82) is 0 Å². The second-order valence-corrected chi connectivity index (χ2v) is 9.96. The van der Waals surface area contributed by atoms with Gasteiger partial charge in [-0.05, 0) is 73.7 Å². The number of aromatic nitrogens is 3. The molecule has 0 amide bonds. The monoisotopic (exact) mass is 531 g/mol. The highest BCUT2D eigenvalue weighted by molar-refractivity contribution is 5.85. The molecule has 39 heavy (non-hydrogen) atoms. The lowest BCUT2D eigenvalue weighted by Gasteiger charge is -2.16. The summed E-state index contributed by atoms with van der Waals surface area (Å²) >= 11 is 0. The number of carboxylic acids is 1. The predicted octanol–water partition coefficient (Wildman–Crippen LogP) is 7.17. The van der Waals surface area contributed by atoms with Gasteiger partial charge in [0.1, 0.15) is 23.2 Å². The number of aryl methyl sites for hydroxylation is 2. The molecule has 0 spiro atoms. The Kier molecular flexibility index (Phi) is 5.94. The third kappa shape index (κ3) is 4.54. The van der Waals surface area contributed by atoms with Crippen molar-refractivity contribution in [2.24, 2.45) is 0 Å². The number of fused-ring (bicyclic) bond motifs is 1. The second kappa shape index (κ2) is 9.34. The predicted molar refractivity (Wildman–Crippen MR) is 139 cm³/mol. The highest BCUT2D eigenvalue weighted by Gasteiger charge is 2.47. The normalized spacial score (nSPS) is 14.1. The summed E-state index contributed by atoms with van der Waals surface area (Å²) in [7, 11) is 0. The van der Waals surface area contributed by atoms with E-state index in [0.717, 1.165) is 23.8 Å². The van der Waals surface area contributed by atoms with Crippen LogP contribution in [0.5, 0.6) is 11.5 Å². The molecule has 2 heterocycles. The molecule has 0 radical (unpaired) electrons. The van der Waals surface area contributed by atoms with Crippen molar-refractivity contribution in [2.75, 3.05) is 0 Å². The lowest BCUT2D eigenvalue weighted by molar-refractivity contribution is -0.136. The van der Waals surface area contributed by atoms with Crippen LogP contribution in [-0.2, 0) is 16.6 Å². The Labute approximate surface area is 221 Å². The number of benzene rings is 3. The quantitative estimate of drug-likeness (QED) is 0.198. The van der Waals surface area contributed by atoms with Gasteiger partial charge in [0.25, 0.3) is 0 Å². The smallest absolute Gasteiger partial charge is 0.303 e. The second-order valence-electron chi connectivity index (χ2n) is 9.96. The summed E-state index contributed by atoms with van der Waals surface area (Å²) in [5.41, 5.74) is 2.95. The molecular weight excluding hydrogens is 507 g/mol. The van der Waals surface area contributed by atoms with Crippen molar-refractivity contribution in [3.05, 3.63) is 101 Å². The van der Waals surface area contributed by atoms with Crippen molar-refractivity contribution in [3.63, 3.8) is 0 Å². The van der Waals surface area contributed by atoms with E-state index in [1.807, 2.05) is 12.1 Å². The van der Waals surface area contributed by atoms with E-state index in [1.54, 1.807) is 19.3 Å². The first kappa shape index (κ1) is 24.8. The van der Waals surface area contributed by atoms with E-state index >= 15 is 0 Å². The molecule has 1 aliphatic carbocycles. The maximum absolute atomic E-state index is 14.9. The minimum absolute atomic E-state index is 0.0570. The molecule has 0 bridgehead atoms. The Morgan fingerprint density at radius 1 is 1.08 bits per heavy atom. The van der Waals surface area contributed by atoms with E-state index in [1.165, 1.54) is 36.4 Å². The number of carbonyl (C=O) groups is 1. The summed E-state index contributed by atoms with van der Waals surface area (Å²) < 4.78 is 50.0. The average molecular weight is 532 g/mol. The summed E-state index contributed by atoms with van der Waals surface area (Å²) in [6.45, 7) is 1.76. The molecule has 1 aliphatic rings. The van der Waals surface area contributed by atoms with Gasteiger partial charge < -0.3 is 19.8 Å². The molecule has 9 heteroatoms. The number of aromatic amines is 2. The molecule has 3 N–H and O–H groups in total. The van der Waals surface area contributed by atoms with E-state index in [0.29, 0.717) is 22.3 Å². The van der Waals surface area contributed by atoms with Gasteiger partial charge in [-0.15, -0.1) is 0 Å². The number of carboxylic acid groups (broad SMARTS) is 1. The lowest BCUT2D eigenvalue weighted by Crippen LogP contribution is -2.11. The van der Waals surface area contributed by atoms with Crippen LogP contribution in [0.25, 0.3) is 22.3 Å². The highest BCUT2D eigenvalue weighted by atomic mass is 19.1. The Morgan fingerprint density at radius 3 is 2.67 bits per heavy atom. The molecule has 5 aromatic rings. The topological polar surface area (TPSA) is 91.0 Å². The number of aliphatic carboxylic acids is 1. The van der Waals surface area contributed by atoms with Crippen LogP contribution in [0.4, 0.5) is 13.2 Å². The number of hydrogen-bond acceptors (Lipinski definition) is 3. The average Bonchev–Trinajstić information content (AvgIpc) is 3.32. The van der Waals surface area contributed by atoms with Gasteiger partial charge in [0.2, 0.25) is 0 Å². The molecule has 0 unspecified atom stereocenters. The fourth-order valence-electron chi connectivity index (χ4n) is 5.18. The standard InChI is InChI=1S/C30H24F3N3O3/c1-16-21-6-9-34-25(21)14-24(33)28(16)39-20-3-4-23(32)22(13-20)29-35-15-26(36-29)30(7-8-30)18-10-17(2-5-27(37)38)11-19(31)12-18/h3-4,6,9-15,34H,2,5,7-8H2,1H3,(H,35,36)(H,37,38). The van der Waals surface area contributed by atoms with Crippen molar-refractivity contribution in [1.82, 2.24) is 15.0 Å². The largest absolute Gasteiger partial charge is 0.481 e. The summed E-state index contributed by atoms with van der Waals surface area (Å²) in [5.74, 6) is -1.89. The molecular formula is C30H24F3N3O3. The Bertz CT molecular complexity index is 1740. The van der Waals surface area contributed by atoms with Crippen LogP contribution in [0, 0.1) is 24.4 Å². The zero-order chi connectivity index (χ0) is 27.3. The van der Waals surface area contributed by atoms with Gasteiger partial charge >= 0.3 is 5.97 Å². The highest BCUT2D eigenvalue weighted by Crippen LogP contribution is 2.53. The molecule has 0 atom stereocenters. The fourth-order valence-corrected chi connectivity index (χ4v) is 5.18. The van der Waals surface area contributed by atoms with Gasteiger partial charge in [-0.2, -0.15) is 0 Å². The fraction of sp³-hybridized carbons (Fsp3) is 0.200. The zero-order valence-corrected chi connectivity index (χ0v) is 20.9. The number of rotatable bonds is 8. The van der Waals surface area contributed by atoms with Gasteiger partial charge in [0.05, 0.1) is 5.56 Å². The van der Waals surface area contributed by atoms with Crippen LogP contribution < -0.4 is 4.74 Å². The van der Waals surface area contributed by atoms with Crippen LogP contribution in [0.2, 0.25) is 0 Å². The molecule has 1 saturated carbocycles. The first-order valence-corrected chi connectivity index (χ1v) is 12.5. The number of nitrogens with zero attached hydrogens (tertiary/aromatic N) is 1. The molecule has 6 rings (SSSR count). The summed E-state index contributed by atoms with van der Waals surface area (Å²) in [4.78, 5) is 21.5. The van der Waals surface area contributed by atoms with Crippen LogP contribution in [0.15, 0.2) is 60.9 Å². The third-order valence-corrected chi connectivity index (χ3v) is 7.40. The van der Waals surface area contributed by atoms with Gasteiger partial charge in [-0.1, -0.05) is 6.07 Å². The Hall–Kier alpha value is -4.53. The number of ether oxygens (including phenoxy) is 1. The molecule has 198 valence electrons. The van der Waals surface area contributed by atoms with E-state index in [4.69, 9.17) is 9.84 Å². The van der Waals surface area contributed by atoms with E-state index in [-0.39, 0.29) is 35.7 Å². The molecule has 6 nitrogen and oxygen atoms in total. The van der Waals surface area contributed by atoms with Gasteiger partial charge in [-0.3, -0.25) is 4.79 Å². The molecule has 3 aromatic carbocycles. The van der Waals surface area contributed by atoms with E-state index < -0.39 is 28.8 Å². The molecule has 1 fully saturated rings. The zero-order valence-electron chi connectivity index (χ0n) is 20.9. The van der Waals surface area contributed by atoms with Crippen molar-refractivity contribution < 1.29 is 27.8 Å². The number of imidazole rings is 1. The van der Waals surface area contributed by atoms with Crippen LogP contribution >= 0.6 is 0 Å². The Morgan fingerprint density at radius 2 is 1.90 bits per heavy atom. The number of H-pyrrole nitrogens is 2. The number of nitrogens with one attached hydrogen (secondary N) is 2. The summed E-state index contributed by atoms with van der Waals surface area (Å²) in [6, 6.07) is 11.9. The first-order chi connectivity index (χ1) is 18.7. The van der Waals surface area contributed by atoms with Gasteiger partial charge in [-0.25, -0.2) is 18.2 Å². The van der Waals surface area contributed by atoms with Crippen LogP contribution in [-0.4, -0.2) is 26.0 Å². The van der Waals surface area contributed by atoms with E-state index in [9.17, 15) is 18.0 Å². The molecule has 0 aliphatic heterocycles. The number of hydrogen-bond donors (Lipinski definition) is 3. The SMILES string of the molecule is Cc1c(Oc2ccc(F)c(-c3ncc(C4(c5cc(F)cc(CCC(=O)O)c5)CC4)[nH]3)c2)c(F)cc2[nH]ccc12.